The molecular formula is C15H17NO3. The maximum Gasteiger partial charge on any atom is 0.331 e. The highest BCUT2D eigenvalue weighted by atomic mass is 16.6. The first-order valence-electron chi connectivity index (χ1n) is 6.17. The SMILES string of the molecule is CC(C)(C)OC(=O)/C=C/c1ccc2c(c1)CC(=O)N2. The number of nitrogens with one attached hydrogen (secondary N) is 1. The Hall–Kier alpha value is -2.10. The molecule has 0 spiro atoms. The number of carbonyl (C=O) groups is 2. The Balaban J connectivity index is 2.06. The molecule has 4 heteroatoms. The van der Waals surface area contributed by atoms with Crippen molar-refractivity contribution >= 4 is 23.6 Å². The van der Waals surface area contributed by atoms with Crippen molar-refractivity contribution < 1.29 is 14.3 Å². The van der Waals surface area contributed by atoms with Crippen molar-refractivity contribution in [3.05, 3.63) is 35.4 Å². The summed E-state index contributed by atoms with van der Waals surface area (Å²) in [5.74, 6) is -0.370. The number of amides is 1. The molecule has 4 nitrogen and oxygen atoms in total. The quantitative estimate of drug-likeness (QED) is 0.656. The van der Waals surface area contributed by atoms with E-state index in [1.807, 2.05) is 39.0 Å². The summed E-state index contributed by atoms with van der Waals surface area (Å²) in [4.78, 5) is 22.8. The lowest BCUT2D eigenvalue weighted by atomic mass is 10.1. The zero-order valence-corrected chi connectivity index (χ0v) is 11.3. The van der Waals surface area contributed by atoms with E-state index in [2.05, 4.69) is 5.32 Å². The molecule has 0 saturated heterocycles. The standard InChI is InChI=1S/C15H17NO3/c1-15(2,3)19-14(18)7-5-10-4-6-12-11(8-10)9-13(17)16-12/h4-8H,9H2,1-3H3,(H,16,17)/b7-5+. The summed E-state index contributed by atoms with van der Waals surface area (Å²) in [5.41, 5.74) is 2.19. The Morgan fingerprint density at radius 2 is 2.11 bits per heavy atom. The van der Waals surface area contributed by atoms with Crippen LogP contribution >= 0.6 is 0 Å². The van der Waals surface area contributed by atoms with E-state index in [4.69, 9.17) is 4.74 Å². The maximum atomic E-state index is 11.5. The van der Waals surface area contributed by atoms with Crippen LogP contribution in [0.3, 0.4) is 0 Å². The van der Waals surface area contributed by atoms with Gasteiger partial charge in [0.2, 0.25) is 5.91 Å². The second kappa shape index (κ2) is 4.88. The monoisotopic (exact) mass is 259 g/mol. The second-order valence-corrected chi connectivity index (χ2v) is 5.51. The Kier molecular flexibility index (Phi) is 3.42. The predicted molar refractivity (Wildman–Crippen MR) is 73.7 cm³/mol. The summed E-state index contributed by atoms with van der Waals surface area (Å²) in [5, 5.41) is 2.77. The molecule has 0 radical (unpaired) electrons. The Bertz CT molecular complexity index is 553. The van der Waals surface area contributed by atoms with Crippen LogP contribution in [0.2, 0.25) is 0 Å². The number of benzene rings is 1. The zero-order chi connectivity index (χ0) is 14.0. The minimum absolute atomic E-state index is 0.00303. The van der Waals surface area contributed by atoms with Gasteiger partial charge in [-0.25, -0.2) is 4.79 Å². The highest BCUT2D eigenvalue weighted by Crippen LogP contribution is 2.24. The number of esters is 1. The van der Waals surface area contributed by atoms with E-state index in [9.17, 15) is 9.59 Å². The molecule has 1 aromatic rings. The van der Waals surface area contributed by atoms with E-state index in [0.29, 0.717) is 6.42 Å². The topological polar surface area (TPSA) is 55.4 Å². The molecule has 100 valence electrons. The molecule has 1 N–H and O–H groups in total. The lowest BCUT2D eigenvalue weighted by Crippen LogP contribution is -2.22. The third kappa shape index (κ3) is 3.68. The Morgan fingerprint density at radius 3 is 2.79 bits per heavy atom. The summed E-state index contributed by atoms with van der Waals surface area (Å²) in [6, 6.07) is 5.59. The highest BCUT2D eigenvalue weighted by Gasteiger charge is 2.17. The van der Waals surface area contributed by atoms with Crippen molar-refractivity contribution in [2.24, 2.45) is 0 Å². The van der Waals surface area contributed by atoms with E-state index in [-0.39, 0.29) is 11.9 Å². The summed E-state index contributed by atoms with van der Waals surface area (Å²) in [6.45, 7) is 5.47. The van der Waals surface area contributed by atoms with Crippen LogP contribution in [-0.2, 0) is 20.7 Å². The van der Waals surface area contributed by atoms with Crippen LogP contribution in [0.15, 0.2) is 24.3 Å². The molecule has 0 saturated carbocycles. The molecule has 1 aliphatic rings. The smallest absolute Gasteiger partial charge is 0.331 e. The van der Waals surface area contributed by atoms with E-state index in [1.165, 1.54) is 6.08 Å². The number of hydrogen-bond acceptors (Lipinski definition) is 3. The van der Waals surface area contributed by atoms with E-state index < -0.39 is 5.60 Å². The van der Waals surface area contributed by atoms with Gasteiger partial charge in [0.15, 0.2) is 0 Å². The summed E-state index contributed by atoms with van der Waals surface area (Å²) in [7, 11) is 0. The molecule has 2 rings (SSSR count). The van der Waals surface area contributed by atoms with Crippen LogP contribution in [-0.4, -0.2) is 17.5 Å². The molecule has 0 unspecified atom stereocenters. The molecular weight excluding hydrogens is 242 g/mol. The first-order chi connectivity index (χ1) is 8.83. The van der Waals surface area contributed by atoms with Gasteiger partial charge in [-0.3, -0.25) is 4.79 Å². The van der Waals surface area contributed by atoms with Crippen molar-refractivity contribution in [1.82, 2.24) is 0 Å². The number of anilines is 1. The molecule has 1 heterocycles. The average molecular weight is 259 g/mol. The first kappa shape index (κ1) is 13.3. The molecule has 0 bridgehead atoms. The number of carbonyl (C=O) groups excluding carboxylic acids is 2. The van der Waals surface area contributed by atoms with E-state index >= 15 is 0 Å². The van der Waals surface area contributed by atoms with E-state index in [1.54, 1.807) is 6.08 Å². The molecule has 0 aromatic heterocycles. The Labute approximate surface area is 112 Å². The molecule has 1 aliphatic heterocycles. The first-order valence-corrected chi connectivity index (χ1v) is 6.17. The van der Waals surface area contributed by atoms with Gasteiger partial charge in [0.25, 0.3) is 0 Å². The van der Waals surface area contributed by atoms with Gasteiger partial charge < -0.3 is 10.1 Å². The van der Waals surface area contributed by atoms with Gasteiger partial charge in [0, 0.05) is 11.8 Å². The van der Waals surface area contributed by atoms with Crippen molar-refractivity contribution in [2.75, 3.05) is 5.32 Å². The van der Waals surface area contributed by atoms with Gasteiger partial charge in [-0.1, -0.05) is 6.07 Å². The van der Waals surface area contributed by atoms with Gasteiger partial charge in [-0.15, -0.1) is 0 Å². The number of hydrogen-bond donors (Lipinski definition) is 1. The van der Waals surface area contributed by atoms with Gasteiger partial charge in [-0.2, -0.15) is 0 Å². The largest absolute Gasteiger partial charge is 0.457 e. The van der Waals surface area contributed by atoms with Gasteiger partial charge in [0.05, 0.1) is 6.42 Å². The fraction of sp³-hybridized carbons (Fsp3) is 0.333. The summed E-state index contributed by atoms with van der Waals surface area (Å²) >= 11 is 0. The number of rotatable bonds is 2. The van der Waals surface area contributed by atoms with Crippen LogP contribution < -0.4 is 5.32 Å². The van der Waals surface area contributed by atoms with Gasteiger partial charge in [-0.05, 0) is 50.1 Å². The lowest BCUT2D eigenvalue weighted by molar-refractivity contribution is -0.148. The van der Waals surface area contributed by atoms with Crippen molar-refractivity contribution in [2.45, 2.75) is 32.8 Å². The minimum atomic E-state index is -0.490. The zero-order valence-electron chi connectivity index (χ0n) is 11.3. The van der Waals surface area contributed by atoms with Crippen LogP contribution in [0.5, 0.6) is 0 Å². The second-order valence-electron chi connectivity index (χ2n) is 5.51. The van der Waals surface area contributed by atoms with Crippen molar-refractivity contribution in [3.63, 3.8) is 0 Å². The molecule has 1 aromatic carbocycles. The summed E-state index contributed by atoms with van der Waals surface area (Å²) in [6.07, 6.45) is 3.48. The van der Waals surface area contributed by atoms with Crippen LogP contribution in [0.1, 0.15) is 31.9 Å². The summed E-state index contributed by atoms with van der Waals surface area (Å²) < 4.78 is 5.18. The van der Waals surface area contributed by atoms with Crippen LogP contribution in [0.4, 0.5) is 5.69 Å². The third-order valence-electron chi connectivity index (χ3n) is 2.57. The molecule has 0 fully saturated rings. The number of fused-ring (bicyclic) bond motifs is 1. The molecule has 0 aliphatic carbocycles. The fourth-order valence-electron chi connectivity index (χ4n) is 1.85. The normalized spacial score (nSPS) is 14.4. The van der Waals surface area contributed by atoms with Gasteiger partial charge in [0.1, 0.15) is 5.60 Å². The maximum absolute atomic E-state index is 11.5. The predicted octanol–water partition coefficient (Wildman–Crippen LogP) is 2.54. The minimum Gasteiger partial charge on any atom is -0.457 e. The fourth-order valence-corrected chi connectivity index (χ4v) is 1.85. The third-order valence-corrected chi connectivity index (χ3v) is 2.57. The van der Waals surface area contributed by atoms with Gasteiger partial charge >= 0.3 is 5.97 Å². The highest BCUT2D eigenvalue weighted by molar-refractivity contribution is 5.99. The average Bonchev–Trinajstić information content (AvgIpc) is 2.63. The van der Waals surface area contributed by atoms with Crippen LogP contribution in [0.25, 0.3) is 6.08 Å². The van der Waals surface area contributed by atoms with Crippen LogP contribution in [0, 0.1) is 0 Å². The Morgan fingerprint density at radius 1 is 1.37 bits per heavy atom. The van der Waals surface area contributed by atoms with Crippen molar-refractivity contribution in [1.29, 1.82) is 0 Å². The number of ether oxygens (including phenoxy) is 1. The van der Waals surface area contributed by atoms with E-state index in [0.717, 1.165) is 16.8 Å². The van der Waals surface area contributed by atoms with Crippen molar-refractivity contribution in [3.8, 4) is 0 Å². The lowest BCUT2D eigenvalue weighted by Gasteiger charge is -2.17. The molecule has 0 atom stereocenters. The molecule has 1 amide bonds. The molecule has 19 heavy (non-hydrogen) atoms.